The number of allylic oxidation sites excluding steroid dienone is 3. The van der Waals surface area contributed by atoms with Gasteiger partial charge in [-0.15, -0.1) is 0 Å². The van der Waals surface area contributed by atoms with Crippen molar-refractivity contribution in [2.24, 2.45) is 0 Å². The molecule has 3 aliphatic rings. The van der Waals surface area contributed by atoms with Gasteiger partial charge in [0, 0.05) is 23.6 Å². The van der Waals surface area contributed by atoms with Gasteiger partial charge in [-0.3, -0.25) is 4.90 Å². The molecule has 2 nitrogen and oxygen atoms in total. The number of likely N-dealkylation sites (N-methyl/N-ethyl adjacent to an activating group) is 1. The molecule has 1 aliphatic carbocycles. The van der Waals surface area contributed by atoms with Crippen LogP contribution in [0.1, 0.15) is 90.2 Å². The number of hydrogen-bond acceptors (Lipinski definition) is 2. The molecule has 5 unspecified atom stereocenters. The van der Waals surface area contributed by atoms with E-state index in [1.165, 1.54) is 24.8 Å². The minimum atomic E-state index is 0.480. The molecule has 4 rings (SSSR count). The van der Waals surface area contributed by atoms with Crippen molar-refractivity contribution in [1.29, 1.82) is 0 Å². The summed E-state index contributed by atoms with van der Waals surface area (Å²) in [6.07, 6.45) is 7.92. The van der Waals surface area contributed by atoms with Crippen LogP contribution >= 0.6 is 0 Å². The molecule has 2 heteroatoms. The first-order valence-electron chi connectivity index (χ1n) is 11.4. The molecule has 1 aromatic rings. The van der Waals surface area contributed by atoms with Gasteiger partial charge in [-0.1, -0.05) is 63.1 Å². The SMILES string of the molecule is CCC(=C(C)C)C(C)c1cccc2c1N1C3C(=CCCC3N(C)C1CC)C2C. The molecule has 1 saturated heterocycles. The fourth-order valence-electron chi connectivity index (χ4n) is 6.54. The Kier molecular flexibility index (Phi) is 5.20. The van der Waals surface area contributed by atoms with Crippen LogP contribution in [0.15, 0.2) is 41.0 Å². The highest BCUT2D eigenvalue weighted by Crippen LogP contribution is 2.53. The van der Waals surface area contributed by atoms with Crippen LogP contribution < -0.4 is 4.90 Å². The Labute approximate surface area is 172 Å². The van der Waals surface area contributed by atoms with E-state index < -0.39 is 0 Å². The first-order valence-corrected chi connectivity index (χ1v) is 11.4. The molecule has 152 valence electrons. The van der Waals surface area contributed by atoms with Crippen molar-refractivity contribution in [2.45, 2.75) is 97.3 Å². The van der Waals surface area contributed by atoms with Crippen LogP contribution in [-0.2, 0) is 0 Å². The number of para-hydroxylation sites is 1. The number of hydrogen-bond donors (Lipinski definition) is 0. The molecule has 2 aliphatic heterocycles. The first-order chi connectivity index (χ1) is 13.4. The summed E-state index contributed by atoms with van der Waals surface area (Å²) in [6.45, 7) is 14.1. The van der Waals surface area contributed by atoms with Gasteiger partial charge in [0.1, 0.15) is 0 Å². The lowest BCUT2D eigenvalue weighted by atomic mass is 9.74. The van der Waals surface area contributed by atoms with E-state index in [0.29, 0.717) is 30.1 Å². The Balaban J connectivity index is 1.94. The van der Waals surface area contributed by atoms with Crippen molar-refractivity contribution in [1.82, 2.24) is 4.90 Å². The average molecular weight is 379 g/mol. The predicted molar refractivity (Wildman–Crippen MR) is 121 cm³/mol. The third-order valence-electron chi connectivity index (χ3n) is 7.86. The van der Waals surface area contributed by atoms with Gasteiger partial charge in [-0.2, -0.15) is 0 Å². The third kappa shape index (κ3) is 2.71. The maximum absolute atomic E-state index is 2.83. The molecule has 28 heavy (non-hydrogen) atoms. The molecule has 0 N–H and O–H groups in total. The van der Waals surface area contributed by atoms with Gasteiger partial charge >= 0.3 is 0 Å². The molecule has 5 atom stereocenters. The van der Waals surface area contributed by atoms with Crippen LogP contribution in [0.4, 0.5) is 5.69 Å². The van der Waals surface area contributed by atoms with E-state index in [4.69, 9.17) is 0 Å². The molecular formula is C26H38N2. The highest BCUT2D eigenvalue weighted by atomic mass is 15.5. The second kappa shape index (κ2) is 7.37. The quantitative estimate of drug-likeness (QED) is 0.545. The number of rotatable bonds is 4. The van der Waals surface area contributed by atoms with Crippen LogP contribution in [0.3, 0.4) is 0 Å². The lowest BCUT2D eigenvalue weighted by molar-refractivity contribution is 0.222. The average Bonchev–Trinajstić information content (AvgIpc) is 2.98. The minimum Gasteiger partial charge on any atom is -0.347 e. The van der Waals surface area contributed by atoms with Gasteiger partial charge in [0.25, 0.3) is 0 Å². The second-order valence-electron chi connectivity index (χ2n) is 9.36. The van der Waals surface area contributed by atoms with Crippen molar-refractivity contribution in [3.05, 3.63) is 52.1 Å². The van der Waals surface area contributed by atoms with Gasteiger partial charge in [0.15, 0.2) is 0 Å². The zero-order valence-electron chi connectivity index (χ0n) is 18.9. The highest BCUT2D eigenvalue weighted by Gasteiger charge is 2.51. The van der Waals surface area contributed by atoms with Gasteiger partial charge in [0.05, 0.1) is 12.2 Å². The molecule has 0 radical (unpaired) electrons. The highest BCUT2D eigenvalue weighted by molar-refractivity contribution is 5.71. The third-order valence-corrected chi connectivity index (χ3v) is 7.86. The fourth-order valence-corrected chi connectivity index (χ4v) is 6.54. The van der Waals surface area contributed by atoms with E-state index in [9.17, 15) is 0 Å². The zero-order chi connectivity index (χ0) is 20.2. The number of benzene rings is 1. The van der Waals surface area contributed by atoms with Crippen molar-refractivity contribution < 1.29 is 0 Å². The standard InChI is InChI=1S/C26H38N2/c1-8-19(16(3)4)17(5)20-12-10-13-21-18(6)22-14-11-15-23-26(22)28(25(20)21)24(9-2)27(23)7/h10,12-14,17-18,23-24,26H,8-9,11,15H2,1-7H3. The van der Waals surface area contributed by atoms with Gasteiger partial charge < -0.3 is 4.90 Å². The Bertz CT molecular complexity index is 814. The smallest absolute Gasteiger partial charge is 0.0826 e. The van der Waals surface area contributed by atoms with E-state index in [2.05, 4.69) is 82.7 Å². The summed E-state index contributed by atoms with van der Waals surface area (Å²) < 4.78 is 0. The van der Waals surface area contributed by atoms with E-state index in [0.717, 1.165) is 6.42 Å². The lowest BCUT2D eigenvalue weighted by Crippen LogP contribution is -2.46. The van der Waals surface area contributed by atoms with E-state index in [1.807, 2.05) is 0 Å². The Morgan fingerprint density at radius 2 is 1.96 bits per heavy atom. The molecule has 1 fully saturated rings. The molecule has 0 aromatic heterocycles. The van der Waals surface area contributed by atoms with Crippen LogP contribution in [0.5, 0.6) is 0 Å². The number of anilines is 1. The van der Waals surface area contributed by atoms with Gasteiger partial charge in [-0.25, -0.2) is 0 Å². The predicted octanol–water partition coefficient (Wildman–Crippen LogP) is 6.60. The van der Waals surface area contributed by atoms with Crippen molar-refractivity contribution in [3.8, 4) is 0 Å². The van der Waals surface area contributed by atoms with E-state index in [-0.39, 0.29) is 0 Å². The summed E-state index contributed by atoms with van der Waals surface area (Å²) in [7, 11) is 2.37. The number of fused-ring (bicyclic) bond motifs is 2. The van der Waals surface area contributed by atoms with E-state index in [1.54, 1.807) is 28.0 Å². The van der Waals surface area contributed by atoms with Crippen LogP contribution in [0.25, 0.3) is 0 Å². The van der Waals surface area contributed by atoms with Crippen molar-refractivity contribution in [3.63, 3.8) is 0 Å². The van der Waals surface area contributed by atoms with Crippen LogP contribution in [-0.4, -0.2) is 30.2 Å². The topological polar surface area (TPSA) is 6.48 Å². The maximum atomic E-state index is 2.83. The van der Waals surface area contributed by atoms with Crippen LogP contribution in [0, 0.1) is 0 Å². The largest absolute Gasteiger partial charge is 0.347 e. The molecule has 0 bridgehead atoms. The summed E-state index contributed by atoms with van der Waals surface area (Å²) in [5.74, 6) is 1.01. The Hall–Kier alpha value is -1.54. The van der Waals surface area contributed by atoms with Gasteiger partial charge in [0.2, 0.25) is 0 Å². The number of nitrogens with zero attached hydrogens (tertiary/aromatic N) is 2. The summed E-state index contributed by atoms with van der Waals surface area (Å²) in [4.78, 5) is 5.51. The zero-order valence-corrected chi connectivity index (χ0v) is 18.9. The monoisotopic (exact) mass is 378 g/mol. The normalized spacial score (nSPS) is 29.8. The van der Waals surface area contributed by atoms with Crippen molar-refractivity contribution >= 4 is 5.69 Å². The Morgan fingerprint density at radius 1 is 1.21 bits per heavy atom. The molecule has 1 aromatic carbocycles. The second-order valence-corrected chi connectivity index (χ2v) is 9.36. The molecular weight excluding hydrogens is 340 g/mol. The Morgan fingerprint density at radius 3 is 2.61 bits per heavy atom. The fraction of sp³-hybridized carbons (Fsp3) is 0.615. The summed E-state index contributed by atoms with van der Waals surface area (Å²) in [5, 5.41) is 0. The maximum Gasteiger partial charge on any atom is 0.0826 e. The van der Waals surface area contributed by atoms with E-state index >= 15 is 0 Å². The molecule has 0 saturated carbocycles. The summed E-state index contributed by atoms with van der Waals surface area (Å²) in [5.41, 5.74) is 9.40. The molecule has 0 amide bonds. The van der Waals surface area contributed by atoms with Crippen molar-refractivity contribution in [2.75, 3.05) is 11.9 Å². The van der Waals surface area contributed by atoms with Crippen LogP contribution in [0.2, 0.25) is 0 Å². The lowest BCUT2D eigenvalue weighted by Gasteiger charge is -2.45. The molecule has 0 spiro atoms. The van der Waals surface area contributed by atoms with Gasteiger partial charge in [-0.05, 0) is 63.3 Å². The summed E-state index contributed by atoms with van der Waals surface area (Å²) >= 11 is 0. The molecule has 2 heterocycles. The first kappa shape index (κ1) is 19.8. The minimum absolute atomic E-state index is 0.480. The summed E-state index contributed by atoms with van der Waals surface area (Å²) in [6, 6.07) is 8.35.